The molecule has 3 rings (SSSR count). The van der Waals surface area contributed by atoms with Gasteiger partial charge in [-0.25, -0.2) is 0 Å². The van der Waals surface area contributed by atoms with Crippen LogP contribution in [0.4, 0.5) is 5.69 Å². The molecule has 2 unspecified atom stereocenters. The lowest BCUT2D eigenvalue weighted by atomic mass is 9.89. The van der Waals surface area contributed by atoms with Gasteiger partial charge in [-0.3, -0.25) is 14.9 Å². The molecular formula is C17H24ClN3O3. The fourth-order valence-corrected chi connectivity index (χ4v) is 3.81. The van der Waals surface area contributed by atoms with Crippen molar-refractivity contribution >= 4 is 24.0 Å². The maximum atomic E-state index is 12.1. The summed E-state index contributed by atoms with van der Waals surface area (Å²) in [5.41, 5.74) is 1.09. The quantitative estimate of drug-likeness (QED) is 0.608. The molecular weight excluding hydrogens is 330 g/mol. The van der Waals surface area contributed by atoms with E-state index >= 15 is 0 Å². The molecule has 2 fully saturated rings. The molecule has 6 nitrogen and oxygen atoms in total. The molecule has 1 amide bonds. The Hall–Kier alpha value is -1.66. The molecule has 24 heavy (non-hydrogen) atoms. The molecule has 0 spiro atoms. The van der Waals surface area contributed by atoms with Crippen LogP contribution in [-0.4, -0.2) is 29.5 Å². The maximum absolute atomic E-state index is 12.1. The zero-order valence-corrected chi connectivity index (χ0v) is 14.4. The molecule has 1 aromatic carbocycles. The molecule has 2 saturated heterocycles. The van der Waals surface area contributed by atoms with Crippen molar-refractivity contribution in [1.29, 1.82) is 0 Å². The summed E-state index contributed by atoms with van der Waals surface area (Å²) in [5, 5.41) is 17.2. The number of nitrogens with one attached hydrogen (secondary N) is 2. The minimum absolute atomic E-state index is 0. The largest absolute Gasteiger partial charge is 0.356 e. The normalized spacial score (nSPS) is 24.9. The summed E-state index contributed by atoms with van der Waals surface area (Å²) in [6, 6.07) is 7.73. The summed E-state index contributed by atoms with van der Waals surface area (Å²) in [5.74, 6) is 0.631. The monoisotopic (exact) mass is 353 g/mol. The van der Waals surface area contributed by atoms with Crippen molar-refractivity contribution in [3.05, 3.63) is 39.9 Å². The molecule has 7 heteroatoms. The highest BCUT2D eigenvalue weighted by atomic mass is 35.5. The third-order valence-electron chi connectivity index (χ3n) is 4.93. The van der Waals surface area contributed by atoms with Gasteiger partial charge in [0.25, 0.3) is 5.69 Å². The van der Waals surface area contributed by atoms with Crippen LogP contribution in [0.15, 0.2) is 24.3 Å². The molecule has 2 bridgehead atoms. The van der Waals surface area contributed by atoms with E-state index in [1.807, 2.05) is 0 Å². The molecule has 2 atom stereocenters. The highest BCUT2D eigenvalue weighted by Crippen LogP contribution is 2.32. The Kier molecular flexibility index (Phi) is 6.57. The number of piperidine rings is 1. The third-order valence-corrected chi connectivity index (χ3v) is 4.93. The topological polar surface area (TPSA) is 84.3 Å². The average Bonchev–Trinajstić information content (AvgIpc) is 2.86. The van der Waals surface area contributed by atoms with Crippen LogP contribution in [0, 0.1) is 16.0 Å². The van der Waals surface area contributed by atoms with Crippen LogP contribution in [0.1, 0.15) is 37.7 Å². The van der Waals surface area contributed by atoms with E-state index in [-0.39, 0.29) is 24.0 Å². The highest BCUT2D eigenvalue weighted by Gasteiger charge is 2.34. The first kappa shape index (κ1) is 18.7. The maximum Gasteiger partial charge on any atom is 0.269 e. The minimum atomic E-state index is -0.405. The molecule has 0 aromatic heterocycles. The second kappa shape index (κ2) is 8.44. The summed E-state index contributed by atoms with van der Waals surface area (Å²) < 4.78 is 0. The predicted octanol–water partition coefficient (Wildman–Crippen LogP) is 2.60. The van der Waals surface area contributed by atoms with Crippen molar-refractivity contribution in [3.8, 4) is 0 Å². The van der Waals surface area contributed by atoms with Gasteiger partial charge in [-0.2, -0.15) is 0 Å². The molecule has 2 N–H and O–H groups in total. The van der Waals surface area contributed by atoms with Crippen LogP contribution in [0.5, 0.6) is 0 Å². The molecule has 2 aliphatic heterocycles. The SMILES string of the molecule is Cl.O=C(CC1CC2CCC(C1)N2)NCCc1ccc([N+](=O)[O-])cc1. The number of hydrogen-bond donors (Lipinski definition) is 2. The van der Waals surface area contributed by atoms with Gasteiger partial charge in [0.15, 0.2) is 0 Å². The molecule has 1 aromatic rings. The van der Waals surface area contributed by atoms with E-state index in [0.717, 1.165) is 18.4 Å². The summed E-state index contributed by atoms with van der Waals surface area (Å²) in [6.07, 6.45) is 6.06. The number of fused-ring (bicyclic) bond motifs is 2. The Morgan fingerprint density at radius 2 is 1.83 bits per heavy atom. The molecule has 2 heterocycles. The smallest absolute Gasteiger partial charge is 0.269 e. The number of nitro groups is 1. The van der Waals surface area contributed by atoms with Gasteiger partial charge in [0.05, 0.1) is 4.92 Å². The van der Waals surface area contributed by atoms with Gasteiger partial charge in [-0.05, 0) is 43.6 Å². The minimum Gasteiger partial charge on any atom is -0.356 e. The zero-order chi connectivity index (χ0) is 16.2. The number of carbonyl (C=O) groups excluding carboxylic acids is 1. The number of nitro benzene ring substituents is 1. The fourth-order valence-electron chi connectivity index (χ4n) is 3.81. The highest BCUT2D eigenvalue weighted by molar-refractivity contribution is 5.85. The van der Waals surface area contributed by atoms with Gasteiger partial charge >= 0.3 is 0 Å². The van der Waals surface area contributed by atoms with Crippen molar-refractivity contribution in [2.24, 2.45) is 5.92 Å². The fraction of sp³-hybridized carbons (Fsp3) is 0.588. The van der Waals surface area contributed by atoms with Crippen LogP contribution in [0.2, 0.25) is 0 Å². The summed E-state index contributed by atoms with van der Waals surface area (Å²) in [6.45, 7) is 0.578. The standard InChI is InChI=1S/C17H23N3O3.ClH/c21-17(11-13-9-14-3-4-15(10-13)19-14)18-8-7-12-1-5-16(6-2-12)20(22)23;/h1-2,5-6,13-15,19H,3-4,7-11H2,(H,18,21);1H. The van der Waals surface area contributed by atoms with E-state index in [1.54, 1.807) is 12.1 Å². The van der Waals surface area contributed by atoms with E-state index in [0.29, 0.717) is 37.4 Å². The first-order valence-electron chi connectivity index (χ1n) is 8.36. The Morgan fingerprint density at radius 3 is 2.42 bits per heavy atom. The predicted molar refractivity (Wildman–Crippen MR) is 94.3 cm³/mol. The Bertz CT molecular complexity index is 567. The van der Waals surface area contributed by atoms with E-state index in [2.05, 4.69) is 10.6 Å². The molecule has 0 radical (unpaired) electrons. The van der Waals surface area contributed by atoms with Crippen molar-refractivity contribution in [1.82, 2.24) is 10.6 Å². The lowest BCUT2D eigenvalue weighted by Crippen LogP contribution is -2.39. The van der Waals surface area contributed by atoms with E-state index in [1.165, 1.54) is 25.0 Å². The number of hydrogen-bond acceptors (Lipinski definition) is 4. The Morgan fingerprint density at radius 1 is 1.21 bits per heavy atom. The van der Waals surface area contributed by atoms with Crippen molar-refractivity contribution in [3.63, 3.8) is 0 Å². The number of non-ortho nitro benzene ring substituents is 1. The lowest BCUT2D eigenvalue weighted by Gasteiger charge is -2.28. The Labute approximate surface area is 148 Å². The van der Waals surface area contributed by atoms with Gasteiger partial charge in [0.2, 0.25) is 5.91 Å². The van der Waals surface area contributed by atoms with E-state index in [9.17, 15) is 14.9 Å². The second-order valence-electron chi connectivity index (χ2n) is 6.70. The number of rotatable bonds is 6. The van der Waals surface area contributed by atoms with Crippen LogP contribution in [0.25, 0.3) is 0 Å². The molecule has 0 saturated carbocycles. The average molecular weight is 354 g/mol. The van der Waals surface area contributed by atoms with Gasteiger partial charge < -0.3 is 10.6 Å². The van der Waals surface area contributed by atoms with Crippen molar-refractivity contribution < 1.29 is 9.72 Å². The lowest BCUT2D eigenvalue weighted by molar-refractivity contribution is -0.384. The van der Waals surface area contributed by atoms with Crippen LogP contribution in [0.3, 0.4) is 0 Å². The number of amides is 1. The summed E-state index contributed by atoms with van der Waals surface area (Å²) in [4.78, 5) is 22.3. The second-order valence-corrected chi connectivity index (χ2v) is 6.70. The summed E-state index contributed by atoms with van der Waals surface area (Å²) in [7, 11) is 0. The van der Waals surface area contributed by atoms with Gasteiger partial charge in [0.1, 0.15) is 0 Å². The van der Waals surface area contributed by atoms with Gasteiger partial charge in [-0.15, -0.1) is 12.4 Å². The number of benzene rings is 1. The van der Waals surface area contributed by atoms with Gasteiger partial charge in [0, 0.05) is 37.2 Å². The van der Waals surface area contributed by atoms with Crippen molar-refractivity contribution in [2.75, 3.05) is 6.54 Å². The molecule has 0 aliphatic carbocycles. The molecule has 2 aliphatic rings. The van der Waals surface area contributed by atoms with Crippen LogP contribution < -0.4 is 10.6 Å². The van der Waals surface area contributed by atoms with Crippen LogP contribution in [-0.2, 0) is 11.2 Å². The number of carbonyl (C=O) groups is 1. The van der Waals surface area contributed by atoms with Crippen molar-refractivity contribution in [2.45, 2.75) is 50.6 Å². The molecule has 132 valence electrons. The van der Waals surface area contributed by atoms with E-state index < -0.39 is 4.92 Å². The number of halogens is 1. The first-order chi connectivity index (χ1) is 11.1. The first-order valence-corrected chi connectivity index (χ1v) is 8.36. The third kappa shape index (κ3) is 4.92. The van der Waals surface area contributed by atoms with Crippen LogP contribution >= 0.6 is 12.4 Å². The number of nitrogens with zero attached hydrogens (tertiary/aromatic N) is 1. The summed E-state index contributed by atoms with van der Waals surface area (Å²) >= 11 is 0. The van der Waals surface area contributed by atoms with Gasteiger partial charge in [-0.1, -0.05) is 12.1 Å². The van der Waals surface area contributed by atoms with E-state index in [4.69, 9.17) is 0 Å². The zero-order valence-electron chi connectivity index (χ0n) is 13.6. The Balaban J connectivity index is 0.00000208.